The van der Waals surface area contributed by atoms with Crippen LogP contribution in [-0.4, -0.2) is 29.8 Å². The van der Waals surface area contributed by atoms with E-state index in [1.54, 1.807) is 55.6 Å². The monoisotopic (exact) mass is 405 g/mol. The molecular formula is C18H16ClN3O4S. The number of hydrogen-bond acceptors (Lipinski definition) is 7. The Balaban J connectivity index is 1.47. The molecule has 1 heterocycles. The number of para-hydroxylation sites is 1. The van der Waals surface area contributed by atoms with Gasteiger partial charge in [-0.2, -0.15) is 0 Å². The molecule has 3 aromatic rings. The number of carbonyl (C=O) groups excluding carboxylic acids is 1. The SMILES string of the molecule is COc1ccc(OCc2nnc(NC(=O)COc3ccccc3Cl)s2)cc1. The van der Waals surface area contributed by atoms with Crippen molar-refractivity contribution in [1.29, 1.82) is 0 Å². The van der Waals surface area contributed by atoms with Gasteiger partial charge in [-0.15, -0.1) is 10.2 Å². The topological polar surface area (TPSA) is 82.6 Å². The first-order chi connectivity index (χ1) is 13.1. The molecule has 27 heavy (non-hydrogen) atoms. The first-order valence-corrected chi connectivity index (χ1v) is 9.10. The molecule has 9 heteroatoms. The van der Waals surface area contributed by atoms with Gasteiger partial charge in [-0.05, 0) is 36.4 Å². The molecule has 140 valence electrons. The maximum Gasteiger partial charge on any atom is 0.264 e. The highest BCUT2D eigenvalue weighted by Gasteiger charge is 2.10. The Bertz CT molecular complexity index is 902. The molecule has 0 spiro atoms. The van der Waals surface area contributed by atoms with Crippen LogP contribution in [0.5, 0.6) is 17.2 Å². The number of amides is 1. The van der Waals surface area contributed by atoms with Gasteiger partial charge in [0.15, 0.2) is 11.6 Å². The van der Waals surface area contributed by atoms with E-state index in [0.717, 1.165) is 5.75 Å². The number of ether oxygens (including phenoxy) is 3. The summed E-state index contributed by atoms with van der Waals surface area (Å²) in [7, 11) is 1.60. The smallest absolute Gasteiger partial charge is 0.264 e. The lowest BCUT2D eigenvalue weighted by atomic mass is 10.3. The van der Waals surface area contributed by atoms with Gasteiger partial charge in [0.2, 0.25) is 5.13 Å². The third-order valence-electron chi connectivity index (χ3n) is 3.33. The average molecular weight is 406 g/mol. The van der Waals surface area contributed by atoms with E-state index < -0.39 is 0 Å². The van der Waals surface area contributed by atoms with Gasteiger partial charge in [0.1, 0.15) is 23.9 Å². The van der Waals surface area contributed by atoms with Crippen LogP contribution < -0.4 is 19.5 Å². The molecule has 0 aliphatic heterocycles. The number of nitrogens with zero attached hydrogens (tertiary/aromatic N) is 2. The van der Waals surface area contributed by atoms with Crippen molar-refractivity contribution in [2.45, 2.75) is 6.61 Å². The van der Waals surface area contributed by atoms with Gasteiger partial charge in [0.25, 0.3) is 5.91 Å². The Morgan fingerprint density at radius 2 is 1.81 bits per heavy atom. The zero-order valence-corrected chi connectivity index (χ0v) is 15.9. The van der Waals surface area contributed by atoms with Crippen molar-refractivity contribution in [2.75, 3.05) is 19.0 Å². The maximum atomic E-state index is 12.0. The lowest BCUT2D eigenvalue weighted by molar-refractivity contribution is -0.118. The fourth-order valence-electron chi connectivity index (χ4n) is 2.04. The normalized spacial score (nSPS) is 10.3. The fraction of sp³-hybridized carbons (Fsp3) is 0.167. The predicted octanol–water partition coefficient (Wildman–Crippen LogP) is 3.80. The molecule has 0 aliphatic carbocycles. The summed E-state index contributed by atoms with van der Waals surface area (Å²) in [6.45, 7) is 0.0665. The van der Waals surface area contributed by atoms with Gasteiger partial charge in [-0.25, -0.2) is 0 Å². The van der Waals surface area contributed by atoms with Crippen LogP contribution in [0.4, 0.5) is 5.13 Å². The Hall–Kier alpha value is -2.84. The van der Waals surface area contributed by atoms with Crippen molar-refractivity contribution in [3.05, 3.63) is 58.6 Å². The van der Waals surface area contributed by atoms with Crippen molar-refractivity contribution < 1.29 is 19.0 Å². The second kappa shape index (κ2) is 9.20. The number of benzene rings is 2. The first kappa shape index (κ1) is 18.9. The van der Waals surface area contributed by atoms with Gasteiger partial charge in [-0.3, -0.25) is 10.1 Å². The van der Waals surface area contributed by atoms with Crippen molar-refractivity contribution in [3.8, 4) is 17.2 Å². The van der Waals surface area contributed by atoms with E-state index in [9.17, 15) is 4.79 Å². The summed E-state index contributed by atoms with van der Waals surface area (Å²) in [4.78, 5) is 12.0. The van der Waals surface area contributed by atoms with Crippen LogP contribution in [0, 0.1) is 0 Å². The van der Waals surface area contributed by atoms with E-state index in [0.29, 0.717) is 26.7 Å². The summed E-state index contributed by atoms with van der Waals surface area (Å²) >= 11 is 7.20. The van der Waals surface area contributed by atoms with E-state index >= 15 is 0 Å². The number of carbonyl (C=O) groups is 1. The Morgan fingerprint density at radius 1 is 1.07 bits per heavy atom. The predicted molar refractivity (Wildman–Crippen MR) is 103 cm³/mol. The highest BCUT2D eigenvalue weighted by Crippen LogP contribution is 2.23. The number of nitrogens with one attached hydrogen (secondary N) is 1. The zero-order chi connectivity index (χ0) is 19.1. The standard InChI is InChI=1S/C18H16ClN3O4S/c1-24-12-6-8-13(9-7-12)25-11-17-21-22-18(27-17)20-16(23)10-26-15-5-3-2-4-14(15)19/h2-9H,10-11H2,1H3,(H,20,22,23). The van der Waals surface area contributed by atoms with Crippen LogP contribution in [0.1, 0.15) is 5.01 Å². The molecule has 0 atom stereocenters. The molecule has 2 aromatic carbocycles. The molecule has 1 N–H and O–H groups in total. The number of methoxy groups -OCH3 is 1. The molecule has 0 radical (unpaired) electrons. The first-order valence-electron chi connectivity index (χ1n) is 7.90. The molecule has 0 aliphatic rings. The lowest BCUT2D eigenvalue weighted by Gasteiger charge is -2.06. The molecule has 1 amide bonds. The summed E-state index contributed by atoms with van der Waals surface area (Å²) in [6, 6.07) is 14.2. The molecule has 3 rings (SSSR count). The van der Waals surface area contributed by atoms with Crippen molar-refractivity contribution in [2.24, 2.45) is 0 Å². The molecule has 0 fully saturated rings. The highest BCUT2D eigenvalue weighted by molar-refractivity contribution is 7.15. The third-order valence-corrected chi connectivity index (χ3v) is 4.45. The van der Waals surface area contributed by atoms with Gasteiger partial charge in [0.05, 0.1) is 12.1 Å². The minimum atomic E-state index is -0.353. The molecule has 0 bridgehead atoms. The zero-order valence-electron chi connectivity index (χ0n) is 14.3. The second-order valence-electron chi connectivity index (χ2n) is 5.23. The van der Waals surface area contributed by atoms with Crippen LogP contribution in [0.25, 0.3) is 0 Å². The number of aromatic nitrogens is 2. The summed E-state index contributed by atoms with van der Waals surface area (Å²) in [5, 5.41) is 12.0. The minimum Gasteiger partial charge on any atom is -0.497 e. The summed E-state index contributed by atoms with van der Waals surface area (Å²) < 4.78 is 16.1. The Kier molecular flexibility index (Phi) is 6.45. The average Bonchev–Trinajstić information content (AvgIpc) is 3.13. The van der Waals surface area contributed by atoms with Gasteiger partial charge in [0, 0.05) is 0 Å². The quantitative estimate of drug-likeness (QED) is 0.613. The van der Waals surface area contributed by atoms with Gasteiger partial charge in [-0.1, -0.05) is 35.1 Å². The summed E-state index contributed by atoms with van der Waals surface area (Å²) in [5.41, 5.74) is 0. The van der Waals surface area contributed by atoms with Crippen molar-refractivity contribution >= 4 is 34.0 Å². The largest absolute Gasteiger partial charge is 0.497 e. The van der Waals surface area contributed by atoms with Gasteiger partial charge >= 0.3 is 0 Å². The van der Waals surface area contributed by atoms with Crippen LogP contribution in [0.2, 0.25) is 5.02 Å². The number of anilines is 1. The van der Waals surface area contributed by atoms with Crippen molar-refractivity contribution in [3.63, 3.8) is 0 Å². The number of hydrogen-bond donors (Lipinski definition) is 1. The third kappa shape index (κ3) is 5.57. The summed E-state index contributed by atoms with van der Waals surface area (Å²) in [6.07, 6.45) is 0. The maximum absolute atomic E-state index is 12.0. The van der Waals surface area contributed by atoms with E-state index in [-0.39, 0.29) is 19.1 Å². The number of rotatable bonds is 8. The van der Waals surface area contributed by atoms with E-state index in [1.807, 2.05) is 0 Å². The van der Waals surface area contributed by atoms with Crippen molar-refractivity contribution in [1.82, 2.24) is 10.2 Å². The molecule has 0 unspecified atom stereocenters. The van der Waals surface area contributed by atoms with Crippen LogP contribution in [0.15, 0.2) is 48.5 Å². The molecule has 0 saturated heterocycles. The molecular weight excluding hydrogens is 390 g/mol. The highest BCUT2D eigenvalue weighted by atomic mass is 35.5. The van der Waals surface area contributed by atoms with E-state index in [1.165, 1.54) is 11.3 Å². The molecule has 7 nitrogen and oxygen atoms in total. The molecule has 0 saturated carbocycles. The van der Waals surface area contributed by atoms with E-state index in [2.05, 4.69) is 15.5 Å². The fourth-order valence-corrected chi connectivity index (χ4v) is 2.90. The van der Waals surface area contributed by atoms with Crippen LogP contribution in [0.3, 0.4) is 0 Å². The minimum absolute atomic E-state index is 0.180. The Labute approximate surface area is 164 Å². The number of halogens is 1. The Morgan fingerprint density at radius 3 is 2.56 bits per heavy atom. The second-order valence-corrected chi connectivity index (χ2v) is 6.70. The van der Waals surface area contributed by atoms with E-state index in [4.69, 9.17) is 25.8 Å². The lowest BCUT2D eigenvalue weighted by Crippen LogP contribution is -2.20. The van der Waals surface area contributed by atoms with Crippen LogP contribution >= 0.6 is 22.9 Å². The van der Waals surface area contributed by atoms with Crippen LogP contribution in [-0.2, 0) is 11.4 Å². The van der Waals surface area contributed by atoms with Gasteiger partial charge < -0.3 is 14.2 Å². The summed E-state index contributed by atoms with van der Waals surface area (Å²) in [5.74, 6) is 1.53. The molecule has 1 aromatic heterocycles.